The van der Waals surface area contributed by atoms with Crippen LogP contribution in [0.25, 0.3) is 16.6 Å². The van der Waals surface area contributed by atoms with Crippen molar-refractivity contribution in [3.8, 4) is 0 Å². The fourth-order valence-corrected chi connectivity index (χ4v) is 3.51. The Balaban J connectivity index is 1.44. The van der Waals surface area contributed by atoms with E-state index in [4.69, 9.17) is 0 Å². The zero-order valence-electron chi connectivity index (χ0n) is 14.8. The molecule has 2 aliphatic rings. The van der Waals surface area contributed by atoms with Crippen molar-refractivity contribution in [1.82, 2.24) is 20.0 Å². The number of hydrogen-bond acceptors (Lipinski definition) is 5. The maximum atomic E-state index is 14.8. The highest BCUT2D eigenvalue weighted by atomic mass is 19.1. The maximum absolute atomic E-state index is 14.8. The number of nitrogens with one attached hydrogen (secondary N) is 1. The SMILES string of the molecule is O=c1c2ncccc2ncn1Cc1ccc(C2=CC3NN=CC3C=C2)cc1F. The fraction of sp³-hybridized carbons (Fsp3) is 0.143. The first-order valence-corrected chi connectivity index (χ1v) is 8.97. The van der Waals surface area contributed by atoms with Crippen molar-refractivity contribution in [3.63, 3.8) is 0 Å². The van der Waals surface area contributed by atoms with Crippen LogP contribution in [0, 0.1) is 11.7 Å². The molecule has 0 saturated heterocycles. The number of benzene rings is 1. The van der Waals surface area contributed by atoms with E-state index in [2.05, 4.69) is 32.6 Å². The summed E-state index contributed by atoms with van der Waals surface area (Å²) in [6.45, 7) is 0.0967. The standard InChI is InChI=1S/C21H16FN5O/c22-17-8-13(14-3-5-15-10-25-26-19(15)9-14)4-6-16(17)11-27-12-24-18-2-1-7-23-20(18)21(27)28/h1-10,12,15,19,26H,11H2. The summed E-state index contributed by atoms with van der Waals surface area (Å²) in [4.78, 5) is 20.9. The average molecular weight is 373 g/mol. The zero-order chi connectivity index (χ0) is 19.1. The van der Waals surface area contributed by atoms with Crippen LogP contribution >= 0.6 is 0 Å². The largest absolute Gasteiger partial charge is 0.302 e. The highest BCUT2D eigenvalue weighted by molar-refractivity contribution is 5.80. The first kappa shape index (κ1) is 16.6. The fourth-order valence-electron chi connectivity index (χ4n) is 3.51. The molecule has 3 heterocycles. The molecule has 0 bridgehead atoms. The third kappa shape index (κ3) is 2.81. The topological polar surface area (TPSA) is 72.2 Å². The predicted octanol–water partition coefficient (Wildman–Crippen LogP) is 2.51. The van der Waals surface area contributed by atoms with E-state index >= 15 is 0 Å². The third-order valence-electron chi connectivity index (χ3n) is 5.06. The molecule has 6 nitrogen and oxygen atoms in total. The lowest BCUT2D eigenvalue weighted by molar-refractivity contribution is 0.594. The van der Waals surface area contributed by atoms with E-state index in [9.17, 15) is 9.18 Å². The van der Waals surface area contributed by atoms with Crippen LogP contribution in [0.3, 0.4) is 0 Å². The normalized spacial score (nSPS) is 20.1. The Hall–Kier alpha value is -3.61. The molecule has 0 spiro atoms. The monoisotopic (exact) mass is 373 g/mol. The second-order valence-corrected chi connectivity index (χ2v) is 6.85. The average Bonchev–Trinajstić information content (AvgIpc) is 3.19. The third-order valence-corrected chi connectivity index (χ3v) is 5.06. The molecule has 1 aromatic carbocycles. The molecule has 0 amide bonds. The number of halogens is 1. The van der Waals surface area contributed by atoms with E-state index in [0.717, 1.165) is 11.1 Å². The molecule has 5 rings (SSSR count). The molecular weight excluding hydrogens is 357 g/mol. The summed E-state index contributed by atoms with van der Waals surface area (Å²) in [6, 6.07) is 8.63. The van der Waals surface area contributed by atoms with Gasteiger partial charge >= 0.3 is 0 Å². The predicted molar refractivity (Wildman–Crippen MR) is 105 cm³/mol. The van der Waals surface area contributed by atoms with Crippen LogP contribution < -0.4 is 11.0 Å². The van der Waals surface area contributed by atoms with Crippen molar-refractivity contribution >= 4 is 22.8 Å². The molecule has 2 atom stereocenters. The molecule has 7 heteroatoms. The van der Waals surface area contributed by atoms with Gasteiger partial charge in [0.05, 0.1) is 24.4 Å². The van der Waals surface area contributed by atoms with Crippen LogP contribution in [0.5, 0.6) is 0 Å². The highest BCUT2D eigenvalue weighted by Crippen LogP contribution is 2.27. The van der Waals surface area contributed by atoms with Crippen LogP contribution in [0.15, 0.2) is 71.0 Å². The van der Waals surface area contributed by atoms with Gasteiger partial charge in [-0.1, -0.05) is 30.4 Å². The summed E-state index contributed by atoms with van der Waals surface area (Å²) in [5, 5.41) is 4.08. The number of aromatic nitrogens is 3. The van der Waals surface area contributed by atoms with Gasteiger partial charge < -0.3 is 5.43 Å². The first-order chi connectivity index (χ1) is 13.7. The zero-order valence-corrected chi connectivity index (χ0v) is 14.8. The van der Waals surface area contributed by atoms with Crippen molar-refractivity contribution in [2.24, 2.45) is 11.0 Å². The number of nitrogens with zero attached hydrogens (tertiary/aromatic N) is 4. The molecule has 0 radical (unpaired) electrons. The van der Waals surface area contributed by atoms with Gasteiger partial charge in [-0.2, -0.15) is 5.10 Å². The molecule has 1 N–H and O–H groups in total. The van der Waals surface area contributed by atoms with Crippen molar-refractivity contribution in [2.75, 3.05) is 0 Å². The number of hydrazone groups is 1. The number of hydrogen-bond donors (Lipinski definition) is 1. The molecule has 1 aliphatic carbocycles. The molecule has 1 aliphatic heterocycles. The van der Waals surface area contributed by atoms with Crippen molar-refractivity contribution < 1.29 is 4.39 Å². The molecule has 0 saturated carbocycles. The Labute approximate surface area is 159 Å². The molecule has 28 heavy (non-hydrogen) atoms. The Kier molecular flexibility index (Phi) is 3.86. The first-order valence-electron chi connectivity index (χ1n) is 8.97. The van der Waals surface area contributed by atoms with E-state index in [1.54, 1.807) is 24.4 Å². The molecule has 2 unspecified atom stereocenters. The van der Waals surface area contributed by atoms with Gasteiger partial charge in [0.1, 0.15) is 5.82 Å². The van der Waals surface area contributed by atoms with Crippen molar-refractivity contribution in [2.45, 2.75) is 12.6 Å². The van der Waals surface area contributed by atoms with Gasteiger partial charge in [-0.05, 0) is 29.3 Å². The Morgan fingerprint density at radius 1 is 1.21 bits per heavy atom. The molecule has 0 fully saturated rings. The van der Waals surface area contributed by atoms with Gasteiger partial charge in [-0.15, -0.1) is 0 Å². The Bertz CT molecular complexity index is 1230. The quantitative estimate of drug-likeness (QED) is 0.766. The number of fused-ring (bicyclic) bond motifs is 2. The van der Waals surface area contributed by atoms with Crippen LogP contribution in [0.4, 0.5) is 4.39 Å². The number of pyridine rings is 1. The Morgan fingerprint density at radius 3 is 3.04 bits per heavy atom. The van der Waals surface area contributed by atoms with Crippen LogP contribution in [-0.2, 0) is 6.54 Å². The number of allylic oxidation sites excluding steroid dienone is 2. The highest BCUT2D eigenvalue weighted by Gasteiger charge is 2.23. The summed E-state index contributed by atoms with van der Waals surface area (Å²) >= 11 is 0. The molecule has 2 aromatic heterocycles. The summed E-state index contributed by atoms with van der Waals surface area (Å²) in [7, 11) is 0. The minimum atomic E-state index is -0.363. The van der Waals surface area contributed by atoms with Crippen molar-refractivity contribution in [1.29, 1.82) is 0 Å². The van der Waals surface area contributed by atoms with E-state index in [-0.39, 0.29) is 35.4 Å². The van der Waals surface area contributed by atoms with Gasteiger partial charge in [0, 0.05) is 23.9 Å². The number of rotatable bonds is 3. The molecule has 3 aromatic rings. The Morgan fingerprint density at radius 2 is 2.14 bits per heavy atom. The van der Waals surface area contributed by atoms with Crippen molar-refractivity contribution in [3.05, 3.63) is 88.4 Å². The minimum Gasteiger partial charge on any atom is -0.302 e. The van der Waals surface area contributed by atoms with Gasteiger partial charge in [0.25, 0.3) is 5.56 Å². The van der Waals surface area contributed by atoms with E-state index in [0.29, 0.717) is 11.1 Å². The van der Waals surface area contributed by atoms with Gasteiger partial charge in [-0.3, -0.25) is 9.36 Å². The van der Waals surface area contributed by atoms with E-state index in [1.165, 1.54) is 17.0 Å². The van der Waals surface area contributed by atoms with Gasteiger partial charge in [0.2, 0.25) is 0 Å². The second kappa shape index (κ2) is 6.53. The van der Waals surface area contributed by atoms with Crippen LogP contribution in [-0.4, -0.2) is 26.8 Å². The second-order valence-electron chi connectivity index (χ2n) is 6.85. The van der Waals surface area contributed by atoms with E-state index < -0.39 is 0 Å². The van der Waals surface area contributed by atoms with Gasteiger partial charge in [-0.25, -0.2) is 14.4 Å². The molecular formula is C21H16FN5O. The summed E-state index contributed by atoms with van der Waals surface area (Å²) in [5.41, 5.74) is 5.70. The summed E-state index contributed by atoms with van der Waals surface area (Å²) in [6.07, 6.45) is 10.9. The summed E-state index contributed by atoms with van der Waals surface area (Å²) < 4.78 is 16.1. The lowest BCUT2D eigenvalue weighted by Gasteiger charge is -2.18. The smallest absolute Gasteiger partial charge is 0.280 e. The van der Waals surface area contributed by atoms with Crippen LogP contribution in [0.1, 0.15) is 11.1 Å². The van der Waals surface area contributed by atoms with Crippen LogP contribution in [0.2, 0.25) is 0 Å². The lowest BCUT2D eigenvalue weighted by Crippen LogP contribution is -2.25. The summed E-state index contributed by atoms with van der Waals surface area (Å²) in [5.74, 6) is -0.119. The molecule has 138 valence electrons. The van der Waals surface area contributed by atoms with Gasteiger partial charge in [0.15, 0.2) is 5.52 Å². The maximum Gasteiger partial charge on any atom is 0.280 e. The minimum absolute atomic E-state index is 0.0967. The lowest BCUT2D eigenvalue weighted by atomic mass is 9.90. The van der Waals surface area contributed by atoms with E-state index in [1.807, 2.05) is 18.4 Å².